The first-order valence-electron chi connectivity index (χ1n) is 5.23. The van der Waals surface area contributed by atoms with E-state index in [1.807, 2.05) is 13.8 Å². The fourth-order valence-electron chi connectivity index (χ4n) is 1.38. The highest BCUT2D eigenvalue weighted by atomic mass is 16.4. The van der Waals surface area contributed by atoms with Gasteiger partial charge in [-0.1, -0.05) is 13.8 Å². The lowest BCUT2D eigenvalue weighted by molar-refractivity contribution is -0.118. The number of aliphatic hydroxyl groups is 1. The number of carbonyl (C=O) groups is 2. The number of aliphatic hydroxyl groups excluding tert-OH is 1. The predicted molar refractivity (Wildman–Crippen MR) is 63.2 cm³/mol. The number of benzene rings is 1. The Morgan fingerprint density at radius 3 is 2.41 bits per heavy atom. The summed E-state index contributed by atoms with van der Waals surface area (Å²) in [6, 6.07) is 4.63. The molecule has 5 nitrogen and oxygen atoms in total. The Bertz CT molecular complexity index is 440. The summed E-state index contributed by atoms with van der Waals surface area (Å²) in [6.45, 7) is 3.23. The average Bonchev–Trinajstić information content (AvgIpc) is 2.28. The molecule has 1 aromatic carbocycles. The molecule has 0 aliphatic carbocycles. The fourth-order valence-corrected chi connectivity index (χ4v) is 1.38. The third-order valence-corrected chi connectivity index (χ3v) is 2.30. The molecule has 0 spiro atoms. The van der Waals surface area contributed by atoms with E-state index in [2.05, 4.69) is 5.32 Å². The highest BCUT2D eigenvalue weighted by molar-refractivity contribution is 5.94. The smallest absolute Gasteiger partial charge is 0.335 e. The van der Waals surface area contributed by atoms with Gasteiger partial charge in [-0.15, -0.1) is 0 Å². The number of carboxylic acids is 1. The molecule has 1 amide bonds. The highest BCUT2D eigenvalue weighted by Gasteiger charge is 2.10. The van der Waals surface area contributed by atoms with E-state index in [0.717, 1.165) is 5.56 Å². The molecule has 1 rings (SSSR count). The molecule has 0 saturated carbocycles. The van der Waals surface area contributed by atoms with Crippen LogP contribution in [0.2, 0.25) is 0 Å². The topological polar surface area (TPSA) is 86.6 Å². The van der Waals surface area contributed by atoms with Gasteiger partial charge >= 0.3 is 5.97 Å². The van der Waals surface area contributed by atoms with Gasteiger partial charge in [0, 0.05) is 5.69 Å². The molecule has 0 aliphatic rings. The molecule has 0 fully saturated rings. The molecule has 0 heterocycles. The van der Waals surface area contributed by atoms with Crippen LogP contribution in [0.1, 0.15) is 35.7 Å². The van der Waals surface area contributed by atoms with E-state index in [1.165, 1.54) is 6.07 Å². The summed E-state index contributed by atoms with van der Waals surface area (Å²) in [5.41, 5.74) is 1.32. The van der Waals surface area contributed by atoms with Crippen molar-refractivity contribution in [2.45, 2.75) is 19.8 Å². The number of amides is 1. The molecule has 17 heavy (non-hydrogen) atoms. The molecule has 1 aromatic rings. The summed E-state index contributed by atoms with van der Waals surface area (Å²) in [4.78, 5) is 22.0. The SMILES string of the molecule is CC(C)c1cc(NC(=O)CO)cc(C(=O)O)c1. The van der Waals surface area contributed by atoms with Crippen LogP contribution >= 0.6 is 0 Å². The van der Waals surface area contributed by atoms with Gasteiger partial charge in [-0.25, -0.2) is 4.79 Å². The van der Waals surface area contributed by atoms with Crippen LogP contribution in [0.25, 0.3) is 0 Å². The van der Waals surface area contributed by atoms with E-state index in [-0.39, 0.29) is 11.5 Å². The molecular weight excluding hydrogens is 222 g/mol. The quantitative estimate of drug-likeness (QED) is 0.739. The van der Waals surface area contributed by atoms with Gasteiger partial charge in [0.1, 0.15) is 6.61 Å². The summed E-state index contributed by atoms with van der Waals surface area (Å²) in [5, 5.41) is 20.0. The minimum Gasteiger partial charge on any atom is -0.478 e. The van der Waals surface area contributed by atoms with Crippen molar-refractivity contribution in [3.05, 3.63) is 29.3 Å². The third kappa shape index (κ3) is 3.57. The summed E-state index contributed by atoms with van der Waals surface area (Å²) in [7, 11) is 0. The maximum atomic E-state index is 11.0. The highest BCUT2D eigenvalue weighted by Crippen LogP contribution is 2.21. The Morgan fingerprint density at radius 1 is 1.29 bits per heavy atom. The van der Waals surface area contributed by atoms with Crippen molar-refractivity contribution in [2.75, 3.05) is 11.9 Å². The number of carboxylic acid groups (broad SMARTS) is 1. The predicted octanol–water partition coefficient (Wildman–Crippen LogP) is 1.44. The molecular formula is C12H15NO4. The van der Waals surface area contributed by atoms with Crippen LogP contribution in [0.5, 0.6) is 0 Å². The van der Waals surface area contributed by atoms with Crippen molar-refractivity contribution in [2.24, 2.45) is 0 Å². The van der Waals surface area contributed by atoms with Crippen molar-refractivity contribution in [1.82, 2.24) is 0 Å². The van der Waals surface area contributed by atoms with Crippen LogP contribution < -0.4 is 5.32 Å². The Labute approximate surface area is 99.1 Å². The van der Waals surface area contributed by atoms with Gasteiger partial charge in [0.2, 0.25) is 5.91 Å². The van der Waals surface area contributed by atoms with Gasteiger partial charge in [0.05, 0.1) is 5.56 Å². The minimum absolute atomic E-state index is 0.115. The summed E-state index contributed by atoms with van der Waals surface area (Å²) >= 11 is 0. The lowest BCUT2D eigenvalue weighted by Gasteiger charge is -2.10. The number of hydrogen-bond donors (Lipinski definition) is 3. The van der Waals surface area contributed by atoms with Gasteiger partial charge in [-0.2, -0.15) is 0 Å². The van der Waals surface area contributed by atoms with Gasteiger partial charge in [-0.05, 0) is 29.7 Å². The summed E-state index contributed by atoms with van der Waals surface area (Å²) in [5.74, 6) is -1.46. The van der Waals surface area contributed by atoms with Crippen molar-refractivity contribution >= 4 is 17.6 Å². The third-order valence-electron chi connectivity index (χ3n) is 2.30. The van der Waals surface area contributed by atoms with Crippen molar-refractivity contribution in [3.63, 3.8) is 0 Å². The van der Waals surface area contributed by atoms with E-state index in [4.69, 9.17) is 10.2 Å². The molecule has 0 bridgehead atoms. The fraction of sp³-hybridized carbons (Fsp3) is 0.333. The number of aromatic carboxylic acids is 1. The zero-order valence-corrected chi connectivity index (χ0v) is 9.73. The second-order valence-electron chi connectivity index (χ2n) is 4.01. The normalized spacial score (nSPS) is 10.4. The molecule has 0 unspecified atom stereocenters. The molecule has 0 aromatic heterocycles. The van der Waals surface area contributed by atoms with Crippen LogP contribution in [0, 0.1) is 0 Å². The molecule has 5 heteroatoms. The lowest BCUT2D eigenvalue weighted by Crippen LogP contribution is -2.16. The van der Waals surface area contributed by atoms with E-state index < -0.39 is 18.5 Å². The molecule has 0 aliphatic heterocycles. The van der Waals surface area contributed by atoms with Crippen LogP contribution in [-0.4, -0.2) is 28.7 Å². The zero-order valence-electron chi connectivity index (χ0n) is 9.73. The maximum absolute atomic E-state index is 11.0. The molecule has 0 radical (unpaired) electrons. The molecule has 3 N–H and O–H groups in total. The van der Waals surface area contributed by atoms with E-state index in [1.54, 1.807) is 12.1 Å². The number of rotatable bonds is 4. The zero-order chi connectivity index (χ0) is 13.0. The lowest BCUT2D eigenvalue weighted by atomic mass is 10.00. The maximum Gasteiger partial charge on any atom is 0.335 e. The van der Waals surface area contributed by atoms with Crippen LogP contribution in [0.15, 0.2) is 18.2 Å². The van der Waals surface area contributed by atoms with Crippen molar-refractivity contribution < 1.29 is 19.8 Å². The largest absolute Gasteiger partial charge is 0.478 e. The van der Waals surface area contributed by atoms with Gasteiger partial charge < -0.3 is 15.5 Å². The second kappa shape index (κ2) is 5.45. The van der Waals surface area contributed by atoms with E-state index in [0.29, 0.717) is 5.69 Å². The summed E-state index contributed by atoms with van der Waals surface area (Å²) < 4.78 is 0. The van der Waals surface area contributed by atoms with Crippen LogP contribution in [0.4, 0.5) is 5.69 Å². The standard InChI is InChI=1S/C12H15NO4/c1-7(2)8-3-9(12(16)17)5-10(4-8)13-11(15)6-14/h3-5,7,14H,6H2,1-2H3,(H,13,15)(H,16,17). The summed E-state index contributed by atoms with van der Waals surface area (Å²) in [6.07, 6.45) is 0. The monoisotopic (exact) mass is 237 g/mol. The van der Waals surface area contributed by atoms with Gasteiger partial charge in [-0.3, -0.25) is 4.79 Å². The van der Waals surface area contributed by atoms with Gasteiger partial charge in [0.15, 0.2) is 0 Å². The van der Waals surface area contributed by atoms with Crippen molar-refractivity contribution in [3.8, 4) is 0 Å². The van der Waals surface area contributed by atoms with Crippen LogP contribution in [-0.2, 0) is 4.79 Å². The average molecular weight is 237 g/mol. The first-order chi connectivity index (χ1) is 7.93. The van der Waals surface area contributed by atoms with Crippen molar-refractivity contribution in [1.29, 1.82) is 0 Å². The number of nitrogens with one attached hydrogen (secondary N) is 1. The Hall–Kier alpha value is -1.88. The first kappa shape index (κ1) is 13.2. The first-order valence-corrected chi connectivity index (χ1v) is 5.23. The number of anilines is 1. The Balaban J connectivity index is 3.12. The molecule has 0 saturated heterocycles. The van der Waals surface area contributed by atoms with E-state index >= 15 is 0 Å². The Kier molecular flexibility index (Phi) is 4.23. The Morgan fingerprint density at radius 2 is 1.94 bits per heavy atom. The number of carbonyl (C=O) groups excluding carboxylic acids is 1. The second-order valence-corrected chi connectivity index (χ2v) is 4.01. The minimum atomic E-state index is -1.05. The van der Waals surface area contributed by atoms with E-state index in [9.17, 15) is 9.59 Å². The van der Waals surface area contributed by atoms with Crippen LogP contribution in [0.3, 0.4) is 0 Å². The number of hydrogen-bond acceptors (Lipinski definition) is 3. The molecule has 92 valence electrons. The molecule has 0 atom stereocenters. The van der Waals surface area contributed by atoms with Gasteiger partial charge in [0.25, 0.3) is 0 Å².